The number of anilines is 2. The van der Waals surface area contributed by atoms with Crippen molar-refractivity contribution in [2.75, 3.05) is 50.5 Å². The lowest BCUT2D eigenvalue weighted by molar-refractivity contribution is 0.110. The van der Waals surface area contributed by atoms with Gasteiger partial charge < -0.3 is 25.4 Å². The Labute approximate surface area is 302 Å². The molecular weight excluding hydrogens is 699 g/mol. The first-order chi connectivity index (χ1) is 24.7. The van der Waals surface area contributed by atoms with Gasteiger partial charge in [-0.1, -0.05) is 17.7 Å². The molecule has 5 heterocycles. The van der Waals surface area contributed by atoms with Crippen LogP contribution in [0, 0.1) is 34.3 Å². The summed E-state index contributed by atoms with van der Waals surface area (Å²) in [6.07, 6.45) is 5.23. The Morgan fingerprint density at radius 2 is 1.98 bits per heavy atom. The first kappa shape index (κ1) is 34.1. The van der Waals surface area contributed by atoms with E-state index in [2.05, 4.69) is 21.2 Å². The van der Waals surface area contributed by atoms with E-state index in [-0.39, 0.29) is 90.2 Å². The number of nitrogen functional groups attached to an aromatic ring is 1. The lowest BCUT2D eigenvalue weighted by atomic mass is 9.88. The lowest BCUT2D eigenvalue weighted by Gasteiger charge is -2.41. The first-order valence-corrected chi connectivity index (χ1v) is 18.7. The molecule has 0 radical (unpaired) electrons. The van der Waals surface area contributed by atoms with Crippen molar-refractivity contribution >= 4 is 54.6 Å². The van der Waals surface area contributed by atoms with Crippen LogP contribution in [0.3, 0.4) is 0 Å². The zero-order chi connectivity index (χ0) is 35.6. The number of thiophene rings is 1. The number of pyridine rings is 1. The number of nitrogens with one attached hydrogen (secondary N) is 1. The number of alkyl halides is 1. The SMILES string of the molecule is CNC1CCCC(N2CCCOc3c(Cl)c(-c4ccc(F)c5sc(N)c(C#N)c45)c(F)c4nc(OCC56CCCN5C[C@H](F)C6)c(C#N)c2c34)C1. The van der Waals surface area contributed by atoms with Crippen molar-refractivity contribution in [3.63, 3.8) is 0 Å². The second-order valence-corrected chi connectivity index (χ2v) is 15.6. The summed E-state index contributed by atoms with van der Waals surface area (Å²) in [6, 6.07) is 7.25. The molecular formula is C37H37ClF3N7O2S. The van der Waals surface area contributed by atoms with Crippen LogP contribution in [0.5, 0.6) is 11.6 Å². The van der Waals surface area contributed by atoms with E-state index >= 15 is 8.78 Å². The van der Waals surface area contributed by atoms with Crippen molar-refractivity contribution in [2.24, 2.45) is 0 Å². The van der Waals surface area contributed by atoms with Crippen LogP contribution in [0.15, 0.2) is 12.1 Å². The topological polar surface area (TPSA) is 123 Å². The van der Waals surface area contributed by atoms with Crippen LogP contribution in [0.25, 0.3) is 32.1 Å². The molecule has 9 nitrogen and oxygen atoms in total. The van der Waals surface area contributed by atoms with Crippen molar-refractivity contribution in [2.45, 2.75) is 75.2 Å². The lowest BCUT2D eigenvalue weighted by Crippen LogP contribution is -2.45. The Balaban J connectivity index is 1.40. The molecule has 3 aliphatic heterocycles. The number of aromatic nitrogens is 1. The van der Waals surface area contributed by atoms with Gasteiger partial charge in [-0.2, -0.15) is 10.5 Å². The molecule has 3 fully saturated rings. The van der Waals surface area contributed by atoms with Crippen molar-refractivity contribution in [1.29, 1.82) is 10.5 Å². The van der Waals surface area contributed by atoms with E-state index in [9.17, 15) is 14.9 Å². The quantitative estimate of drug-likeness (QED) is 0.208. The van der Waals surface area contributed by atoms with Crippen molar-refractivity contribution < 1.29 is 22.6 Å². The number of halogens is 4. The molecule has 3 unspecified atom stereocenters. The van der Waals surface area contributed by atoms with Gasteiger partial charge in [-0.25, -0.2) is 18.2 Å². The van der Waals surface area contributed by atoms with Gasteiger partial charge in [0.15, 0.2) is 5.82 Å². The Morgan fingerprint density at radius 3 is 2.76 bits per heavy atom. The maximum Gasteiger partial charge on any atom is 0.234 e. The molecule has 14 heteroatoms. The Hall–Kier alpha value is -4.01. The molecule has 4 aromatic rings. The van der Waals surface area contributed by atoms with Gasteiger partial charge in [-0.3, -0.25) is 4.90 Å². The second kappa shape index (κ2) is 13.2. The van der Waals surface area contributed by atoms with Gasteiger partial charge in [0.25, 0.3) is 0 Å². The normalized spacial score (nSPS) is 24.9. The molecule has 1 aliphatic carbocycles. The summed E-state index contributed by atoms with van der Waals surface area (Å²) >= 11 is 8.06. The van der Waals surface area contributed by atoms with Gasteiger partial charge >= 0.3 is 0 Å². The number of hydrogen-bond acceptors (Lipinski definition) is 10. The van der Waals surface area contributed by atoms with Crippen molar-refractivity contribution in [1.82, 2.24) is 15.2 Å². The van der Waals surface area contributed by atoms with Gasteiger partial charge in [-0.15, -0.1) is 11.3 Å². The van der Waals surface area contributed by atoms with E-state index in [1.165, 1.54) is 12.1 Å². The van der Waals surface area contributed by atoms with Crippen LogP contribution in [-0.2, 0) is 0 Å². The summed E-state index contributed by atoms with van der Waals surface area (Å²) in [4.78, 5) is 9.01. The molecule has 4 aliphatic rings. The molecule has 2 saturated heterocycles. The van der Waals surface area contributed by atoms with E-state index in [1.54, 1.807) is 0 Å². The van der Waals surface area contributed by atoms with E-state index in [0.717, 1.165) is 56.4 Å². The molecule has 3 N–H and O–H groups in total. The maximum absolute atomic E-state index is 17.5. The summed E-state index contributed by atoms with van der Waals surface area (Å²) < 4.78 is 60.2. The van der Waals surface area contributed by atoms with Crippen LogP contribution >= 0.6 is 22.9 Å². The number of hydrogen-bond donors (Lipinski definition) is 2. The van der Waals surface area contributed by atoms with Gasteiger partial charge in [0.05, 0.1) is 38.5 Å². The highest BCUT2D eigenvalue weighted by Gasteiger charge is 2.49. The Morgan fingerprint density at radius 1 is 1.16 bits per heavy atom. The number of ether oxygens (including phenoxy) is 2. The maximum atomic E-state index is 17.5. The molecule has 8 rings (SSSR count). The predicted octanol–water partition coefficient (Wildman–Crippen LogP) is 7.45. The summed E-state index contributed by atoms with van der Waals surface area (Å²) in [7, 11) is 1.94. The summed E-state index contributed by atoms with van der Waals surface area (Å²) in [5.74, 6) is -1.33. The molecule has 266 valence electrons. The van der Waals surface area contributed by atoms with Gasteiger partial charge in [0.2, 0.25) is 5.88 Å². The number of fused-ring (bicyclic) bond motifs is 2. The third-order valence-electron chi connectivity index (χ3n) is 11.3. The average Bonchev–Trinajstić information content (AvgIpc) is 3.77. The molecule has 2 aromatic heterocycles. The minimum absolute atomic E-state index is 0.0175. The summed E-state index contributed by atoms with van der Waals surface area (Å²) in [5.41, 5.74) is 6.12. The molecule has 4 atom stereocenters. The van der Waals surface area contributed by atoms with E-state index in [4.69, 9.17) is 31.8 Å². The highest BCUT2D eigenvalue weighted by Crippen LogP contribution is 2.53. The van der Waals surface area contributed by atoms with Crippen LogP contribution < -0.4 is 25.4 Å². The number of benzene rings is 2. The summed E-state index contributed by atoms with van der Waals surface area (Å²) in [5, 5.41) is 24.7. The Bertz CT molecular complexity index is 2150. The highest BCUT2D eigenvalue weighted by atomic mass is 35.5. The molecule has 1 saturated carbocycles. The highest BCUT2D eigenvalue weighted by molar-refractivity contribution is 7.23. The largest absolute Gasteiger partial charge is 0.491 e. The zero-order valence-corrected chi connectivity index (χ0v) is 29.7. The van der Waals surface area contributed by atoms with E-state index in [0.29, 0.717) is 31.6 Å². The number of nitrogens with two attached hydrogens (primary N) is 1. The van der Waals surface area contributed by atoms with Gasteiger partial charge in [0, 0.05) is 42.5 Å². The van der Waals surface area contributed by atoms with E-state index < -0.39 is 23.3 Å². The Kier molecular flexibility index (Phi) is 8.82. The molecule has 0 spiro atoms. The average molecular weight is 736 g/mol. The van der Waals surface area contributed by atoms with Crippen LogP contribution in [0.4, 0.5) is 23.9 Å². The molecule has 0 amide bonds. The standard InChI is InChI=1S/C37H37ClF3N7O2S/c1-45-20-5-2-6-21(13-20)48-11-4-12-49-33-28-31(30(41)27(29(33)38)22-7-8-25(40)34-26(22)23(15-42)35(44)51-34)46-36(24(16-43)32(28)48)50-18-37-9-3-10-47(37)17-19(39)14-37/h7-8,19-21,45H,2-6,9-14,17-18,44H2,1H3/t19-,20?,21?,37?/m1/s1. The third-order valence-corrected chi connectivity index (χ3v) is 12.7. The fourth-order valence-corrected chi connectivity index (χ4v) is 10.3. The smallest absolute Gasteiger partial charge is 0.234 e. The van der Waals surface area contributed by atoms with Gasteiger partial charge in [0.1, 0.15) is 52.6 Å². The molecule has 2 aromatic carbocycles. The van der Waals surface area contributed by atoms with E-state index in [1.807, 2.05) is 13.1 Å². The van der Waals surface area contributed by atoms with Gasteiger partial charge in [-0.05, 0) is 70.2 Å². The van der Waals surface area contributed by atoms with Crippen molar-refractivity contribution in [3.05, 3.63) is 39.9 Å². The number of nitrogens with zero attached hydrogens (tertiary/aromatic N) is 5. The third kappa shape index (κ3) is 5.43. The second-order valence-electron chi connectivity index (χ2n) is 14.1. The molecule has 0 bridgehead atoms. The predicted molar refractivity (Wildman–Crippen MR) is 192 cm³/mol. The minimum atomic E-state index is -0.983. The van der Waals surface area contributed by atoms with Crippen LogP contribution in [-0.4, -0.2) is 73.6 Å². The fraction of sp³-hybridized carbons (Fsp3) is 0.486. The minimum Gasteiger partial charge on any atom is -0.491 e. The number of nitriles is 2. The first-order valence-electron chi connectivity index (χ1n) is 17.5. The molecule has 51 heavy (non-hydrogen) atoms. The fourth-order valence-electron chi connectivity index (χ4n) is 8.98. The van der Waals surface area contributed by atoms with Crippen molar-refractivity contribution in [3.8, 4) is 34.9 Å². The monoisotopic (exact) mass is 735 g/mol. The number of rotatable bonds is 6. The zero-order valence-electron chi connectivity index (χ0n) is 28.1. The van der Waals surface area contributed by atoms with Crippen LogP contribution in [0.2, 0.25) is 5.02 Å². The summed E-state index contributed by atoms with van der Waals surface area (Å²) in [6.45, 7) is 1.97. The van der Waals surface area contributed by atoms with Crippen LogP contribution in [0.1, 0.15) is 62.5 Å².